The van der Waals surface area contributed by atoms with Crippen molar-refractivity contribution in [2.75, 3.05) is 0 Å². The van der Waals surface area contributed by atoms with Gasteiger partial charge in [-0.15, -0.1) is 0 Å². The first-order valence-corrected chi connectivity index (χ1v) is 6.74. The molecule has 5 nitrogen and oxygen atoms in total. The summed E-state index contributed by atoms with van der Waals surface area (Å²) in [5, 5.41) is 14.7. The van der Waals surface area contributed by atoms with E-state index in [0.29, 0.717) is 0 Å². The minimum atomic E-state index is -1.12. The zero-order valence-corrected chi connectivity index (χ0v) is 11.0. The lowest BCUT2D eigenvalue weighted by Gasteiger charge is -2.27. The molecule has 0 aromatic heterocycles. The molecule has 3 N–H and O–H groups in total. The van der Waals surface area contributed by atoms with Gasteiger partial charge in [0.05, 0.1) is 0 Å². The SMILES string of the molecule is CC(CC1CC1)NC(=O)NC(C)(C(=O)O)C1CC1. The summed E-state index contributed by atoms with van der Waals surface area (Å²) in [5.41, 5.74) is -1.12. The smallest absolute Gasteiger partial charge is 0.329 e. The topological polar surface area (TPSA) is 78.4 Å². The van der Waals surface area contributed by atoms with Gasteiger partial charge in [-0.25, -0.2) is 9.59 Å². The van der Waals surface area contributed by atoms with E-state index in [-0.39, 0.29) is 18.0 Å². The number of carboxylic acids is 1. The predicted molar refractivity (Wildman–Crippen MR) is 67.2 cm³/mol. The molecule has 0 aromatic carbocycles. The molecule has 2 saturated carbocycles. The van der Waals surface area contributed by atoms with Crippen molar-refractivity contribution < 1.29 is 14.7 Å². The van der Waals surface area contributed by atoms with Crippen LogP contribution in [0.1, 0.15) is 46.0 Å². The van der Waals surface area contributed by atoms with Gasteiger partial charge in [0.25, 0.3) is 0 Å². The maximum atomic E-state index is 11.8. The highest BCUT2D eigenvalue weighted by Crippen LogP contribution is 2.39. The molecule has 0 aliphatic heterocycles. The lowest BCUT2D eigenvalue weighted by atomic mass is 9.96. The summed E-state index contributed by atoms with van der Waals surface area (Å²) in [4.78, 5) is 23.1. The summed E-state index contributed by atoms with van der Waals surface area (Å²) in [6.45, 7) is 3.56. The van der Waals surface area contributed by atoms with Crippen molar-refractivity contribution in [3.63, 3.8) is 0 Å². The predicted octanol–water partition coefficient (Wildman–Crippen LogP) is 1.73. The average Bonchev–Trinajstić information content (AvgIpc) is 3.11. The highest BCUT2D eigenvalue weighted by atomic mass is 16.4. The number of carbonyl (C=O) groups is 2. The number of amides is 2. The van der Waals surface area contributed by atoms with Gasteiger partial charge in [0, 0.05) is 6.04 Å². The fourth-order valence-corrected chi connectivity index (χ4v) is 2.40. The van der Waals surface area contributed by atoms with Crippen molar-refractivity contribution in [3.8, 4) is 0 Å². The highest BCUT2D eigenvalue weighted by Gasteiger charge is 2.48. The van der Waals surface area contributed by atoms with Crippen LogP contribution in [-0.2, 0) is 4.79 Å². The molecule has 102 valence electrons. The molecule has 2 atom stereocenters. The third-order valence-corrected chi connectivity index (χ3v) is 3.97. The van der Waals surface area contributed by atoms with Gasteiger partial charge in [0.15, 0.2) is 0 Å². The second-order valence-corrected chi connectivity index (χ2v) is 5.96. The Kier molecular flexibility index (Phi) is 3.50. The Labute approximate surface area is 107 Å². The van der Waals surface area contributed by atoms with Gasteiger partial charge in [-0.2, -0.15) is 0 Å². The highest BCUT2D eigenvalue weighted by molar-refractivity contribution is 5.86. The molecule has 0 spiro atoms. The molecule has 5 heteroatoms. The second-order valence-electron chi connectivity index (χ2n) is 5.96. The quantitative estimate of drug-likeness (QED) is 0.675. The van der Waals surface area contributed by atoms with Crippen LogP contribution in [-0.4, -0.2) is 28.7 Å². The molecule has 0 heterocycles. The van der Waals surface area contributed by atoms with E-state index in [1.54, 1.807) is 6.92 Å². The number of urea groups is 1. The van der Waals surface area contributed by atoms with Crippen molar-refractivity contribution in [1.29, 1.82) is 0 Å². The molecular weight excluding hydrogens is 232 g/mol. The van der Waals surface area contributed by atoms with Gasteiger partial charge in [-0.3, -0.25) is 0 Å². The zero-order valence-electron chi connectivity index (χ0n) is 11.0. The summed E-state index contributed by atoms with van der Waals surface area (Å²) in [7, 11) is 0. The van der Waals surface area contributed by atoms with Gasteiger partial charge in [0.2, 0.25) is 0 Å². The second kappa shape index (κ2) is 4.78. The summed E-state index contributed by atoms with van der Waals surface area (Å²) in [6.07, 6.45) is 5.24. The molecule has 18 heavy (non-hydrogen) atoms. The number of aliphatic carboxylic acids is 1. The molecular formula is C13H22N2O3. The third-order valence-electron chi connectivity index (χ3n) is 3.97. The number of hydrogen-bond acceptors (Lipinski definition) is 2. The van der Waals surface area contributed by atoms with Crippen LogP contribution in [0, 0.1) is 11.8 Å². The lowest BCUT2D eigenvalue weighted by Crippen LogP contribution is -2.57. The molecule has 0 aromatic rings. The molecule has 2 rings (SSSR count). The number of rotatable bonds is 6. The van der Waals surface area contributed by atoms with Crippen LogP contribution in [0.5, 0.6) is 0 Å². The lowest BCUT2D eigenvalue weighted by molar-refractivity contribution is -0.144. The zero-order chi connectivity index (χ0) is 13.3. The van der Waals surface area contributed by atoms with Gasteiger partial charge in [-0.05, 0) is 44.9 Å². The van der Waals surface area contributed by atoms with Crippen LogP contribution in [0.4, 0.5) is 4.79 Å². The molecule has 2 unspecified atom stereocenters. The third kappa shape index (κ3) is 3.15. The van der Waals surface area contributed by atoms with Crippen LogP contribution in [0.3, 0.4) is 0 Å². The van der Waals surface area contributed by atoms with Crippen LogP contribution in [0.15, 0.2) is 0 Å². The maximum absolute atomic E-state index is 11.8. The fraction of sp³-hybridized carbons (Fsp3) is 0.846. The largest absolute Gasteiger partial charge is 0.480 e. The summed E-state index contributed by atoms with van der Waals surface area (Å²) in [6, 6.07) is -0.255. The average molecular weight is 254 g/mol. The summed E-state index contributed by atoms with van der Waals surface area (Å²) < 4.78 is 0. The number of carboxylic acid groups (broad SMARTS) is 1. The van der Waals surface area contributed by atoms with E-state index in [9.17, 15) is 14.7 Å². The van der Waals surface area contributed by atoms with Crippen LogP contribution < -0.4 is 10.6 Å². The molecule has 2 aliphatic carbocycles. The van der Waals surface area contributed by atoms with Crippen LogP contribution in [0.25, 0.3) is 0 Å². The normalized spacial score (nSPS) is 23.9. The monoisotopic (exact) mass is 254 g/mol. The van der Waals surface area contributed by atoms with E-state index < -0.39 is 11.5 Å². The van der Waals surface area contributed by atoms with Crippen molar-refractivity contribution in [3.05, 3.63) is 0 Å². The summed E-state index contributed by atoms with van der Waals surface area (Å²) in [5.74, 6) is -0.135. The Balaban J connectivity index is 1.82. The molecule has 2 fully saturated rings. The van der Waals surface area contributed by atoms with E-state index in [4.69, 9.17) is 0 Å². The van der Waals surface area contributed by atoms with E-state index in [2.05, 4.69) is 10.6 Å². The number of nitrogens with one attached hydrogen (secondary N) is 2. The fourth-order valence-electron chi connectivity index (χ4n) is 2.40. The minimum absolute atomic E-state index is 0.0690. The molecule has 0 saturated heterocycles. The molecule has 0 bridgehead atoms. The van der Waals surface area contributed by atoms with Crippen molar-refractivity contribution in [2.45, 2.75) is 57.5 Å². The van der Waals surface area contributed by atoms with Crippen LogP contribution >= 0.6 is 0 Å². The van der Waals surface area contributed by atoms with Gasteiger partial charge in [-0.1, -0.05) is 12.8 Å². The van der Waals surface area contributed by atoms with Crippen molar-refractivity contribution in [2.24, 2.45) is 11.8 Å². The number of carbonyl (C=O) groups excluding carboxylic acids is 1. The Morgan fingerprint density at radius 3 is 2.39 bits per heavy atom. The van der Waals surface area contributed by atoms with E-state index >= 15 is 0 Å². The Morgan fingerprint density at radius 2 is 1.94 bits per heavy atom. The van der Waals surface area contributed by atoms with E-state index in [0.717, 1.165) is 25.2 Å². The summed E-state index contributed by atoms with van der Waals surface area (Å²) >= 11 is 0. The molecule has 2 amide bonds. The first-order valence-electron chi connectivity index (χ1n) is 6.74. The Bertz CT molecular complexity index is 350. The van der Waals surface area contributed by atoms with Gasteiger partial charge >= 0.3 is 12.0 Å². The Morgan fingerprint density at radius 1 is 1.33 bits per heavy atom. The Hall–Kier alpha value is -1.26. The van der Waals surface area contributed by atoms with Crippen LogP contribution in [0.2, 0.25) is 0 Å². The minimum Gasteiger partial charge on any atom is -0.480 e. The first kappa shape index (κ1) is 13.2. The standard InChI is InChI=1S/C13H22N2O3/c1-8(7-9-3-4-9)14-12(18)15-13(2,11(16)17)10-5-6-10/h8-10H,3-7H2,1-2H3,(H,16,17)(H2,14,15,18). The van der Waals surface area contributed by atoms with Crippen molar-refractivity contribution >= 4 is 12.0 Å². The first-order chi connectivity index (χ1) is 8.41. The molecule has 2 aliphatic rings. The van der Waals surface area contributed by atoms with E-state index in [1.807, 2.05) is 6.92 Å². The van der Waals surface area contributed by atoms with E-state index in [1.165, 1.54) is 12.8 Å². The number of hydrogen-bond donors (Lipinski definition) is 3. The maximum Gasteiger partial charge on any atom is 0.329 e. The van der Waals surface area contributed by atoms with Gasteiger partial charge in [0.1, 0.15) is 5.54 Å². The van der Waals surface area contributed by atoms with Gasteiger partial charge < -0.3 is 15.7 Å². The molecule has 0 radical (unpaired) electrons. The van der Waals surface area contributed by atoms with Crippen molar-refractivity contribution in [1.82, 2.24) is 10.6 Å².